The van der Waals surface area contributed by atoms with Crippen molar-refractivity contribution in [3.8, 4) is 0 Å². The van der Waals surface area contributed by atoms with Crippen LogP contribution in [0.15, 0.2) is 30.3 Å². The molecule has 2 N–H and O–H groups in total. The highest BCUT2D eigenvalue weighted by molar-refractivity contribution is 7.80. The van der Waals surface area contributed by atoms with Crippen LogP contribution < -0.4 is 10.6 Å². The topological polar surface area (TPSA) is 55.6 Å². The second-order valence-electron chi connectivity index (χ2n) is 4.14. The highest BCUT2D eigenvalue weighted by Crippen LogP contribution is 2.15. The lowest BCUT2D eigenvalue weighted by molar-refractivity contribution is 0.122. The summed E-state index contributed by atoms with van der Waals surface area (Å²) in [6.45, 7) is 4.05. The predicted octanol–water partition coefficient (Wildman–Crippen LogP) is 2.71. The molecule has 4 nitrogen and oxygen atoms in total. The molecule has 1 amide bonds. The Morgan fingerprint density at radius 2 is 2.00 bits per heavy atom. The Hall–Kier alpha value is -1.62. The minimum Gasteiger partial charge on any atom is -0.446 e. The molecule has 0 unspecified atom stereocenters. The Bertz CT molecular complexity index is 407. The zero-order chi connectivity index (χ0) is 13.5. The Labute approximate surface area is 113 Å². The molecule has 0 spiro atoms. The Morgan fingerprint density at radius 1 is 1.39 bits per heavy atom. The maximum absolute atomic E-state index is 12.0. The molecule has 0 aromatic heterocycles. The fourth-order valence-electron chi connectivity index (χ4n) is 1.42. The van der Waals surface area contributed by atoms with Crippen LogP contribution in [0.2, 0.25) is 0 Å². The standard InChI is InChI=1S/C13H18N2O2S/c1-10(2)17-13(16)15(9-8-12(14)18)11-6-4-3-5-7-11/h3-7,10H,8-9H2,1-2H3,(H2,14,18). The third-order valence-corrected chi connectivity index (χ3v) is 2.41. The summed E-state index contributed by atoms with van der Waals surface area (Å²) in [5.41, 5.74) is 6.25. The maximum Gasteiger partial charge on any atom is 0.414 e. The van der Waals surface area contributed by atoms with E-state index in [1.165, 1.54) is 0 Å². The first-order valence-electron chi connectivity index (χ1n) is 5.82. The molecule has 1 aromatic rings. The van der Waals surface area contributed by atoms with Gasteiger partial charge in [0, 0.05) is 18.7 Å². The van der Waals surface area contributed by atoms with Crippen LogP contribution in [-0.4, -0.2) is 23.7 Å². The van der Waals surface area contributed by atoms with E-state index in [1.807, 2.05) is 44.2 Å². The monoisotopic (exact) mass is 266 g/mol. The molecule has 98 valence electrons. The highest BCUT2D eigenvalue weighted by Gasteiger charge is 2.18. The van der Waals surface area contributed by atoms with Gasteiger partial charge in [-0.15, -0.1) is 0 Å². The maximum atomic E-state index is 12.0. The van der Waals surface area contributed by atoms with Gasteiger partial charge in [0.1, 0.15) is 0 Å². The summed E-state index contributed by atoms with van der Waals surface area (Å²) in [5, 5.41) is 0. The molecule has 5 heteroatoms. The number of hydrogen-bond acceptors (Lipinski definition) is 3. The number of rotatable bonds is 5. The number of nitrogens with zero attached hydrogens (tertiary/aromatic N) is 1. The summed E-state index contributed by atoms with van der Waals surface area (Å²) >= 11 is 4.84. The molecule has 0 aliphatic rings. The van der Waals surface area contributed by atoms with Gasteiger partial charge < -0.3 is 10.5 Å². The van der Waals surface area contributed by atoms with Gasteiger partial charge in [-0.05, 0) is 26.0 Å². The van der Waals surface area contributed by atoms with Gasteiger partial charge in [-0.1, -0.05) is 30.4 Å². The van der Waals surface area contributed by atoms with Gasteiger partial charge in [0.15, 0.2) is 0 Å². The summed E-state index contributed by atoms with van der Waals surface area (Å²) in [4.78, 5) is 13.9. The third-order valence-electron chi connectivity index (χ3n) is 2.21. The summed E-state index contributed by atoms with van der Waals surface area (Å²) in [5.74, 6) is 0. The van der Waals surface area contributed by atoms with Gasteiger partial charge in [-0.2, -0.15) is 0 Å². The smallest absolute Gasteiger partial charge is 0.414 e. The van der Waals surface area contributed by atoms with Crippen LogP contribution in [0.5, 0.6) is 0 Å². The van der Waals surface area contributed by atoms with Crippen molar-refractivity contribution in [1.82, 2.24) is 0 Å². The van der Waals surface area contributed by atoms with Gasteiger partial charge in [-0.25, -0.2) is 4.79 Å². The van der Waals surface area contributed by atoms with E-state index in [9.17, 15) is 4.79 Å². The molecule has 0 fully saturated rings. The average molecular weight is 266 g/mol. The van der Waals surface area contributed by atoms with Gasteiger partial charge in [0.2, 0.25) is 0 Å². The van der Waals surface area contributed by atoms with Crippen molar-refractivity contribution in [2.75, 3.05) is 11.4 Å². The molecular weight excluding hydrogens is 248 g/mol. The van der Waals surface area contributed by atoms with Crippen LogP contribution in [0.1, 0.15) is 20.3 Å². The number of amides is 1. The largest absolute Gasteiger partial charge is 0.446 e. The normalized spacial score (nSPS) is 10.2. The van der Waals surface area contributed by atoms with Crippen molar-refractivity contribution < 1.29 is 9.53 Å². The first-order chi connectivity index (χ1) is 8.50. The molecule has 0 aliphatic heterocycles. The molecule has 0 atom stereocenters. The van der Waals surface area contributed by atoms with Crippen molar-refractivity contribution in [2.45, 2.75) is 26.4 Å². The molecule has 0 radical (unpaired) electrons. The number of thiocarbonyl (C=S) groups is 1. The van der Waals surface area contributed by atoms with Crippen molar-refractivity contribution in [2.24, 2.45) is 5.73 Å². The molecule has 0 saturated heterocycles. The number of ether oxygens (including phenoxy) is 1. The Balaban J connectivity index is 2.81. The van der Waals surface area contributed by atoms with Gasteiger partial charge in [-0.3, -0.25) is 4.90 Å². The molecule has 1 aromatic carbocycles. The number of anilines is 1. The van der Waals surface area contributed by atoms with Gasteiger partial charge in [0.05, 0.1) is 11.1 Å². The fourth-order valence-corrected chi connectivity index (χ4v) is 1.51. The van der Waals surface area contributed by atoms with Crippen LogP contribution in [0.4, 0.5) is 10.5 Å². The van der Waals surface area contributed by atoms with Crippen molar-refractivity contribution in [3.05, 3.63) is 30.3 Å². The van der Waals surface area contributed by atoms with Crippen LogP contribution in [0.3, 0.4) is 0 Å². The van der Waals surface area contributed by atoms with Crippen LogP contribution in [0.25, 0.3) is 0 Å². The van der Waals surface area contributed by atoms with Crippen LogP contribution in [-0.2, 0) is 4.74 Å². The van der Waals surface area contributed by atoms with E-state index >= 15 is 0 Å². The van der Waals surface area contributed by atoms with E-state index < -0.39 is 0 Å². The lowest BCUT2D eigenvalue weighted by atomic mass is 10.3. The summed E-state index contributed by atoms with van der Waals surface area (Å²) in [6.07, 6.45) is -0.0711. The van der Waals surface area contributed by atoms with E-state index in [0.717, 1.165) is 5.69 Å². The molecule has 18 heavy (non-hydrogen) atoms. The zero-order valence-corrected chi connectivity index (χ0v) is 11.4. The number of para-hydroxylation sites is 1. The van der Waals surface area contributed by atoms with Crippen molar-refractivity contribution in [1.29, 1.82) is 0 Å². The first-order valence-corrected chi connectivity index (χ1v) is 6.23. The Kier molecular flexibility index (Phi) is 5.58. The number of hydrogen-bond donors (Lipinski definition) is 1. The molecular formula is C13H18N2O2S. The second-order valence-corrected chi connectivity index (χ2v) is 4.66. The van der Waals surface area contributed by atoms with Crippen LogP contribution >= 0.6 is 12.2 Å². The minimum atomic E-state index is -0.382. The van der Waals surface area contributed by atoms with E-state index in [-0.39, 0.29) is 12.2 Å². The van der Waals surface area contributed by atoms with Gasteiger partial charge in [0.25, 0.3) is 0 Å². The van der Waals surface area contributed by atoms with Gasteiger partial charge >= 0.3 is 6.09 Å². The lowest BCUT2D eigenvalue weighted by Crippen LogP contribution is -2.35. The fraction of sp³-hybridized carbons (Fsp3) is 0.385. The molecule has 0 saturated carbocycles. The summed E-state index contributed by atoms with van der Waals surface area (Å²) < 4.78 is 5.20. The quantitative estimate of drug-likeness (QED) is 0.833. The minimum absolute atomic E-state index is 0.159. The molecule has 1 rings (SSSR count). The average Bonchev–Trinajstić information content (AvgIpc) is 2.29. The second kappa shape index (κ2) is 6.96. The molecule has 0 bridgehead atoms. The van der Waals surface area contributed by atoms with Crippen LogP contribution in [0, 0.1) is 0 Å². The molecule has 0 heterocycles. The molecule has 0 aliphatic carbocycles. The number of carbonyl (C=O) groups excluding carboxylic acids is 1. The number of carbonyl (C=O) groups is 1. The predicted molar refractivity (Wildman–Crippen MR) is 76.8 cm³/mol. The van der Waals surface area contributed by atoms with E-state index in [4.69, 9.17) is 22.7 Å². The lowest BCUT2D eigenvalue weighted by Gasteiger charge is -2.23. The summed E-state index contributed by atoms with van der Waals surface area (Å²) in [6, 6.07) is 9.32. The summed E-state index contributed by atoms with van der Waals surface area (Å²) in [7, 11) is 0. The first kappa shape index (κ1) is 14.4. The van der Waals surface area contributed by atoms with E-state index in [0.29, 0.717) is 18.0 Å². The zero-order valence-electron chi connectivity index (χ0n) is 10.6. The Morgan fingerprint density at radius 3 is 2.50 bits per heavy atom. The van der Waals surface area contributed by atoms with E-state index in [1.54, 1.807) is 4.90 Å². The van der Waals surface area contributed by atoms with E-state index in [2.05, 4.69) is 0 Å². The highest BCUT2D eigenvalue weighted by atomic mass is 32.1. The SMILES string of the molecule is CC(C)OC(=O)N(CCC(N)=S)c1ccccc1. The van der Waals surface area contributed by atoms with Crippen molar-refractivity contribution >= 4 is 29.0 Å². The number of nitrogens with two attached hydrogens (primary N) is 1. The van der Waals surface area contributed by atoms with Crippen molar-refractivity contribution in [3.63, 3.8) is 0 Å². The third kappa shape index (κ3) is 4.71. The number of benzene rings is 1.